The van der Waals surface area contributed by atoms with Gasteiger partial charge in [-0.05, 0) is 18.6 Å². The molecule has 0 bridgehead atoms. The molecule has 26 heavy (non-hydrogen) atoms. The van der Waals surface area contributed by atoms with Crippen molar-refractivity contribution in [3.8, 4) is 0 Å². The molecule has 0 aliphatic rings. The van der Waals surface area contributed by atoms with Crippen molar-refractivity contribution < 1.29 is 32.5 Å². The highest BCUT2D eigenvalue weighted by Crippen LogP contribution is 2.25. The number of hydrogen-bond donors (Lipinski definition) is 2. The first-order valence-corrected chi connectivity index (χ1v) is 9.18. The Kier molecular flexibility index (Phi) is 7.19. The van der Waals surface area contributed by atoms with E-state index in [1.54, 1.807) is 0 Å². The van der Waals surface area contributed by atoms with E-state index in [4.69, 9.17) is 0 Å². The summed E-state index contributed by atoms with van der Waals surface area (Å²) in [6.07, 6.45) is 1.46. The summed E-state index contributed by atoms with van der Waals surface area (Å²) in [5, 5.41) is 15.3. The summed E-state index contributed by atoms with van der Waals surface area (Å²) in [6, 6.07) is 1.92. The van der Waals surface area contributed by atoms with Crippen molar-refractivity contribution in [2.75, 3.05) is 19.4 Å². The van der Waals surface area contributed by atoms with Gasteiger partial charge in [0.25, 0.3) is 11.6 Å². The fraction of sp³-hybridized carbons (Fsp3) is 0.357. The summed E-state index contributed by atoms with van der Waals surface area (Å²) in [5.41, 5.74) is -1.10. The Balaban J connectivity index is 2.79. The predicted octanol–water partition coefficient (Wildman–Crippen LogP) is 0.391. The molecule has 3 amide bonds. The van der Waals surface area contributed by atoms with Gasteiger partial charge in [-0.25, -0.2) is 18.0 Å². The van der Waals surface area contributed by atoms with Gasteiger partial charge in [0.15, 0.2) is 16.4 Å². The van der Waals surface area contributed by atoms with Crippen molar-refractivity contribution in [3.05, 3.63) is 33.9 Å². The van der Waals surface area contributed by atoms with Gasteiger partial charge in [-0.1, -0.05) is 6.92 Å². The molecule has 2 N–H and O–H groups in total. The fourth-order valence-corrected chi connectivity index (χ4v) is 2.59. The van der Waals surface area contributed by atoms with E-state index in [1.807, 2.05) is 12.2 Å². The number of benzene rings is 1. The smallest absolute Gasteiger partial charge is 0.338 e. The van der Waals surface area contributed by atoms with Crippen LogP contribution in [0, 0.1) is 10.1 Å². The third-order valence-corrected chi connectivity index (χ3v) is 4.06. The predicted molar refractivity (Wildman–Crippen MR) is 88.3 cm³/mol. The molecule has 1 aromatic carbocycles. The topological polar surface area (TPSA) is 162 Å². The Hall–Kier alpha value is -3.02. The van der Waals surface area contributed by atoms with E-state index in [0.29, 0.717) is 13.0 Å². The molecule has 12 heteroatoms. The van der Waals surface area contributed by atoms with E-state index in [2.05, 4.69) is 10.1 Å². The van der Waals surface area contributed by atoms with Crippen LogP contribution in [0.25, 0.3) is 0 Å². The molecule has 0 saturated heterocycles. The van der Waals surface area contributed by atoms with Crippen LogP contribution < -0.4 is 10.6 Å². The number of carbonyl (C=O) groups is 3. The van der Waals surface area contributed by atoms with Crippen molar-refractivity contribution in [2.45, 2.75) is 18.2 Å². The van der Waals surface area contributed by atoms with Gasteiger partial charge >= 0.3 is 12.0 Å². The molecule has 0 unspecified atom stereocenters. The summed E-state index contributed by atoms with van der Waals surface area (Å²) in [6.45, 7) is 1.38. The first-order valence-electron chi connectivity index (χ1n) is 7.29. The number of nitro benzene ring substituents is 1. The van der Waals surface area contributed by atoms with E-state index in [1.165, 1.54) is 0 Å². The highest BCUT2D eigenvalue weighted by molar-refractivity contribution is 7.90. The molecule has 0 aliphatic carbocycles. The Labute approximate surface area is 148 Å². The van der Waals surface area contributed by atoms with Gasteiger partial charge in [0.05, 0.1) is 10.5 Å². The van der Waals surface area contributed by atoms with Crippen LogP contribution in [0.1, 0.15) is 23.7 Å². The third-order valence-electron chi connectivity index (χ3n) is 2.91. The third kappa shape index (κ3) is 6.12. The Bertz CT molecular complexity index is 835. The van der Waals surface area contributed by atoms with Crippen LogP contribution in [0.2, 0.25) is 0 Å². The molecule has 0 atom stereocenters. The lowest BCUT2D eigenvalue weighted by molar-refractivity contribution is -0.387. The minimum Gasteiger partial charge on any atom is -0.452 e. The van der Waals surface area contributed by atoms with E-state index in [0.717, 1.165) is 24.5 Å². The lowest BCUT2D eigenvalue weighted by Gasteiger charge is -2.07. The van der Waals surface area contributed by atoms with E-state index in [-0.39, 0.29) is 5.56 Å². The van der Waals surface area contributed by atoms with Crippen molar-refractivity contribution in [2.24, 2.45) is 0 Å². The maximum absolute atomic E-state index is 11.9. The quantitative estimate of drug-likeness (QED) is 0.386. The molecule has 142 valence electrons. The number of rotatable bonds is 7. The molecule has 0 saturated carbocycles. The van der Waals surface area contributed by atoms with Crippen LogP contribution in [0.4, 0.5) is 10.5 Å². The first-order chi connectivity index (χ1) is 12.1. The Morgan fingerprint density at radius 3 is 2.46 bits per heavy atom. The van der Waals surface area contributed by atoms with Gasteiger partial charge in [-0.3, -0.25) is 20.2 Å². The number of esters is 1. The number of nitrogens with one attached hydrogen (secondary N) is 2. The molecule has 11 nitrogen and oxygen atoms in total. The molecule has 1 rings (SSSR count). The van der Waals surface area contributed by atoms with Crippen molar-refractivity contribution in [1.29, 1.82) is 0 Å². The van der Waals surface area contributed by atoms with E-state index >= 15 is 0 Å². The number of carbonyl (C=O) groups excluding carboxylic acids is 3. The Morgan fingerprint density at radius 2 is 1.92 bits per heavy atom. The minimum absolute atomic E-state index is 0.313. The fourth-order valence-electron chi connectivity index (χ4n) is 1.76. The van der Waals surface area contributed by atoms with Gasteiger partial charge in [0.1, 0.15) is 4.90 Å². The molecule has 0 fully saturated rings. The monoisotopic (exact) mass is 387 g/mol. The molecule has 0 spiro atoms. The zero-order valence-corrected chi connectivity index (χ0v) is 14.8. The molecule has 0 aromatic heterocycles. The van der Waals surface area contributed by atoms with Gasteiger partial charge in [0.2, 0.25) is 0 Å². The van der Waals surface area contributed by atoms with Crippen LogP contribution in [0.5, 0.6) is 0 Å². The van der Waals surface area contributed by atoms with E-state index in [9.17, 15) is 32.9 Å². The number of urea groups is 1. The number of nitro groups is 1. The van der Waals surface area contributed by atoms with Crippen molar-refractivity contribution in [3.63, 3.8) is 0 Å². The van der Waals surface area contributed by atoms with Crippen LogP contribution in [0.15, 0.2) is 23.1 Å². The summed E-state index contributed by atoms with van der Waals surface area (Å²) in [4.78, 5) is 44.1. The largest absolute Gasteiger partial charge is 0.452 e. The molecule has 0 heterocycles. The van der Waals surface area contributed by atoms with Crippen LogP contribution in [0.3, 0.4) is 0 Å². The van der Waals surface area contributed by atoms with Gasteiger partial charge in [0, 0.05) is 18.9 Å². The number of ether oxygens (including phenoxy) is 1. The average Bonchev–Trinajstić information content (AvgIpc) is 2.56. The standard InChI is InChI=1S/C14H17N3O8S/c1-3-6-15-14(20)16-12(18)8-25-13(19)9-4-5-11(26(2,23)24)10(7-9)17(21)22/h4-5,7H,3,6,8H2,1-2H3,(H2,15,16,18,20). The summed E-state index contributed by atoms with van der Waals surface area (Å²) in [7, 11) is -3.87. The molecular formula is C14H17N3O8S. The SMILES string of the molecule is CCCNC(=O)NC(=O)COC(=O)c1ccc(S(C)(=O)=O)c([N+](=O)[O-])c1. The average molecular weight is 387 g/mol. The number of imide groups is 1. The highest BCUT2D eigenvalue weighted by atomic mass is 32.2. The number of nitrogens with zero attached hydrogens (tertiary/aromatic N) is 1. The zero-order valence-electron chi connectivity index (χ0n) is 14.0. The maximum Gasteiger partial charge on any atom is 0.338 e. The zero-order chi connectivity index (χ0) is 19.9. The first kappa shape index (κ1) is 21.0. The van der Waals surface area contributed by atoms with Crippen LogP contribution in [-0.4, -0.2) is 50.7 Å². The number of amides is 3. The van der Waals surface area contributed by atoms with Crippen LogP contribution in [-0.2, 0) is 19.4 Å². The molecule has 0 aliphatic heterocycles. The molecular weight excluding hydrogens is 370 g/mol. The summed E-state index contributed by atoms with van der Waals surface area (Å²) in [5.74, 6) is -1.98. The highest BCUT2D eigenvalue weighted by Gasteiger charge is 2.24. The maximum atomic E-state index is 11.9. The van der Waals surface area contributed by atoms with Crippen molar-refractivity contribution in [1.82, 2.24) is 10.6 Å². The normalized spacial score (nSPS) is 10.7. The number of sulfone groups is 1. The number of hydrogen-bond acceptors (Lipinski definition) is 8. The van der Waals surface area contributed by atoms with Gasteiger partial charge < -0.3 is 10.1 Å². The van der Waals surface area contributed by atoms with Gasteiger partial charge in [-0.15, -0.1) is 0 Å². The van der Waals surface area contributed by atoms with Gasteiger partial charge in [-0.2, -0.15) is 0 Å². The summed E-state index contributed by atoms with van der Waals surface area (Å²) < 4.78 is 27.7. The van der Waals surface area contributed by atoms with Crippen LogP contribution >= 0.6 is 0 Å². The van der Waals surface area contributed by atoms with Crippen molar-refractivity contribution >= 4 is 33.4 Å². The molecule has 0 radical (unpaired) electrons. The second-order valence-corrected chi connectivity index (χ2v) is 7.08. The minimum atomic E-state index is -3.87. The lowest BCUT2D eigenvalue weighted by atomic mass is 10.2. The van der Waals surface area contributed by atoms with E-state index < -0.39 is 49.9 Å². The second-order valence-electron chi connectivity index (χ2n) is 5.09. The summed E-state index contributed by atoms with van der Waals surface area (Å²) >= 11 is 0. The molecule has 1 aromatic rings. The Morgan fingerprint density at radius 1 is 1.27 bits per heavy atom. The second kappa shape index (κ2) is 8.89. The lowest BCUT2D eigenvalue weighted by Crippen LogP contribution is -2.41.